The Balaban J connectivity index is 1.32. The van der Waals surface area contributed by atoms with Gasteiger partial charge in [0.05, 0.1) is 18.7 Å². The molecule has 3 aliphatic rings. The molecular weight excluding hydrogens is 440 g/mol. The molecule has 2 N–H and O–H groups in total. The summed E-state index contributed by atoms with van der Waals surface area (Å²) in [4.78, 5) is 26.5. The molecule has 3 aromatic carbocycles. The molecule has 0 saturated carbocycles. The number of nitrogens with one attached hydrogen (secondary N) is 1. The van der Waals surface area contributed by atoms with Crippen molar-refractivity contribution in [3.8, 4) is 5.75 Å². The first-order valence-corrected chi connectivity index (χ1v) is 12.3. The zero-order chi connectivity index (χ0) is 24.3. The third-order valence-corrected chi connectivity index (χ3v) is 7.45. The van der Waals surface area contributed by atoms with Gasteiger partial charge in [-0.15, -0.1) is 0 Å². The number of quaternary nitrogens is 1. The zero-order valence-electron chi connectivity index (χ0n) is 19.7. The Kier molecular flexibility index (Phi) is 6.55. The number of aromatic hydroxyl groups is 1. The van der Waals surface area contributed by atoms with E-state index in [4.69, 9.17) is 4.74 Å². The number of phenolic OH excluding ortho intramolecular Hbond substituents is 1. The molecule has 2 atom stereocenters. The van der Waals surface area contributed by atoms with Gasteiger partial charge < -0.3 is 19.6 Å². The Morgan fingerprint density at radius 1 is 0.914 bits per heavy atom. The third-order valence-electron chi connectivity index (χ3n) is 7.45. The number of carbonyl (C=O) groups is 2. The van der Waals surface area contributed by atoms with Gasteiger partial charge in [0, 0.05) is 24.4 Å². The van der Waals surface area contributed by atoms with Crippen molar-refractivity contribution in [2.45, 2.75) is 25.0 Å². The van der Waals surface area contributed by atoms with E-state index in [1.54, 1.807) is 24.3 Å². The standard InChI is InChI=1S/C29H30N2O4/c32-25-14-8-7-13-24(25)26(33)19-31-17-15-21(16-18-31)27(20-31)35-29(34)28(22-9-3-1-4-10-22)30-23-11-5-2-6-12-23/h1-14,21,27-28,30H,15-20H2/p+1/t21?,27-,28+,31?/m0/s1. The maximum atomic E-state index is 13.5. The van der Waals surface area contributed by atoms with Crippen LogP contribution in [0.5, 0.6) is 5.75 Å². The lowest BCUT2D eigenvalue weighted by molar-refractivity contribution is -0.938. The van der Waals surface area contributed by atoms with Gasteiger partial charge in [0.15, 0.2) is 12.1 Å². The van der Waals surface area contributed by atoms with Crippen molar-refractivity contribution >= 4 is 17.4 Å². The van der Waals surface area contributed by atoms with Crippen molar-refractivity contribution in [2.75, 3.05) is 31.5 Å². The number of carbonyl (C=O) groups excluding carboxylic acids is 2. The topological polar surface area (TPSA) is 75.6 Å². The van der Waals surface area contributed by atoms with E-state index in [-0.39, 0.29) is 23.6 Å². The Bertz CT molecular complexity index is 1170. The monoisotopic (exact) mass is 471 g/mol. The van der Waals surface area contributed by atoms with Gasteiger partial charge in [0.1, 0.15) is 18.8 Å². The van der Waals surface area contributed by atoms with E-state index in [0.717, 1.165) is 37.2 Å². The highest BCUT2D eigenvalue weighted by molar-refractivity contribution is 5.99. The fourth-order valence-corrected chi connectivity index (χ4v) is 5.52. The summed E-state index contributed by atoms with van der Waals surface area (Å²) in [6, 6.07) is 25.4. The molecule has 3 fully saturated rings. The lowest BCUT2D eigenvalue weighted by Crippen LogP contribution is -2.65. The summed E-state index contributed by atoms with van der Waals surface area (Å²) in [5, 5.41) is 13.5. The minimum absolute atomic E-state index is 0.0169. The minimum Gasteiger partial charge on any atom is -0.507 e. The molecule has 6 nitrogen and oxygen atoms in total. The highest BCUT2D eigenvalue weighted by Gasteiger charge is 2.49. The van der Waals surface area contributed by atoms with Crippen molar-refractivity contribution < 1.29 is 23.9 Å². The van der Waals surface area contributed by atoms with Gasteiger partial charge in [-0.1, -0.05) is 60.7 Å². The van der Waals surface area contributed by atoms with E-state index >= 15 is 0 Å². The largest absolute Gasteiger partial charge is 0.507 e. The molecule has 3 aliphatic heterocycles. The van der Waals surface area contributed by atoms with Crippen molar-refractivity contribution in [3.63, 3.8) is 0 Å². The number of ether oxygens (including phenoxy) is 1. The number of ketones is 1. The van der Waals surface area contributed by atoms with E-state index in [1.807, 2.05) is 60.7 Å². The van der Waals surface area contributed by atoms with Crippen LogP contribution >= 0.6 is 0 Å². The average molecular weight is 472 g/mol. The molecule has 0 unspecified atom stereocenters. The molecule has 6 rings (SSSR count). The number of esters is 1. The summed E-state index contributed by atoms with van der Waals surface area (Å²) in [6.45, 7) is 2.72. The van der Waals surface area contributed by atoms with Crippen LogP contribution in [-0.4, -0.2) is 53.6 Å². The van der Waals surface area contributed by atoms with Gasteiger partial charge in [0.2, 0.25) is 5.78 Å². The number of nitrogens with zero attached hydrogens (tertiary/aromatic N) is 1. The lowest BCUT2D eigenvalue weighted by atomic mass is 9.82. The number of anilines is 1. The molecule has 3 aromatic rings. The molecule has 0 aromatic heterocycles. The van der Waals surface area contributed by atoms with Crippen molar-refractivity contribution in [1.29, 1.82) is 0 Å². The second-order valence-corrected chi connectivity index (χ2v) is 9.74. The van der Waals surface area contributed by atoms with Gasteiger partial charge in [-0.3, -0.25) is 4.79 Å². The van der Waals surface area contributed by atoms with Crippen LogP contribution < -0.4 is 5.32 Å². The molecule has 2 bridgehead atoms. The second kappa shape index (κ2) is 9.92. The molecule has 0 radical (unpaired) electrons. The minimum atomic E-state index is -0.620. The number of piperidine rings is 3. The van der Waals surface area contributed by atoms with E-state index in [9.17, 15) is 14.7 Å². The quantitative estimate of drug-likeness (QED) is 0.286. The molecule has 0 amide bonds. The van der Waals surface area contributed by atoms with Crippen LogP contribution in [0.25, 0.3) is 0 Å². The Morgan fingerprint density at radius 3 is 2.23 bits per heavy atom. The smallest absolute Gasteiger partial charge is 0.333 e. The van der Waals surface area contributed by atoms with Crippen molar-refractivity contribution in [1.82, 2.24) is 0 Å². The lowest BCUT2D eigenvalue weighted by Gasteiger charge is -2.51. The first-order chi connectivity index (χ1) is 17.0. The Morgan fingerprint density at radius 2 is 1.54 bits per heavy atom. The predicted octanol–water partition coefficient (Wildman–Crippen LogP) is 4.58. The molecule has 35 heavy (non-hydrogen) atoms. The Hall–Kier alpha value is -3.64. The summed E-state index contributed by atoms with van der Waals surface area (Å²) in [6.07, 6.45) is 1.62. The summed E-state index contributed by atoms with van der Waals surface area (Å²) >= 11 is 0. The number of rotatable bonds is 8. The van der Waals surface area contributed by atoms with Crippen molar-refractivity contribution in [2.24, 2.45) is 5.92 Å². The highest BCUT2D eigenvalue weighted by atomic mass is 16.5. The van der Waals surface area contributed by atoms with Gasteiger partial charge >= 0.3 is 5.97 Å². The van der Waals surface area contributed by atoms with E-state index in [1.165, 1.54) is 0 Å². The predicted molar refractivity (Wildman–Crippen MR) is 134 cm³/mol. The molecule has 6 heteroatoms. The first-order valence-electron chi connectivity index (χ1n) is 12.3. The Labute approximate surface area is 205 Å². The highest BCUT2D eigenvalue weighted by Crippen LogP contribution is 2.37. The number of para-hydroxylation sites is 2. The van der Waals surface area contributed by atoms with Gasteiger partial charge in [0.25, 0.3) is 0 Å². The number of Topliss-reactive ketones (excluding diaryl/α,β-unsaturated/α-hetero) is 1. The molecular formula is C29H31N2O4+. The number of hydrogen-bond acceptors (Lipinski definition) is 5. The van der Waals surface area contributed by atoms with E-state index < -0.39 is 6.04 Å². The summed E-state index contributed by atoms with van der Waals surface area (Å²) in [7, 11) is 0. The first kappa shape index (κ1) is 23.1. The molecule has 3 saturated heterocycles. The van der Waals surface area contributed by atoms with Gasteiger partial charge in [-0.25, -0.2) is 4.79 Å². The zero-order valence-corrected chi connectivity index (χ0v) is 19.7. The normalized spacial score (nSPS) is 23.9. The van der Waals surface area contributed by atoms with Crippen LogP contribution in [0.2, 0.25) is 0 Å². The SMILES string of the molecule is O=C(C[N+]12CCC(CC1)[C@@H](OC(=O)[C@H](Nc1ccccc1)c1ccccc1)C2)c1ccccc1O. The van der Waals surface area contributed by atoms with Crippen LogP contribution in [-0.2, 0) is 9.53 Å². The summed E-state index contributed by atoms with van der Waals surface area (Å²) in [5.41, 5.74) is 2.06. The fourth-order valence-electron chi connectivity index (χ4n) is 5.52. The van der Waals surface area contributed by atoms with Crippen molar-refractivity contribution in [3.05, 3.63) is 96.1 Å². The van der Waals surface area contributed by atoms with Crippen LogP contribution in [0.1, 0.15) is 34.8 Å². The number of phenols is 1. The molecule has 0 aliphatic carbocycles. The van der Waals surface area contributed by atoms with E-state index in [2.05, 4.69) is 5.32 Å². The summed E-state index contributed by atoms with van der Waals surface area (Å²) in [5.74, 6) is -0.0407. The van der Waals surface area contributed by atoms with E-state index in [0.29, 0.717) is 29.1 Å². The van der Waals surface area contributed by atoms with Gasteiger partial charge in [-0.2, -0.15) is 0 Å². The molecule has 0 spiro atoms. The second-order valence-electron chi connectivity index (χ2n) is 9.74. The van der Waals surface area contributed by atoms with Crippen LogP contribution in [0.4, 0.5) is 5.69 Å². The average Bonchev–Trinajstić information content (AvgIpc) is 2.89. The molecule has 3 heterocycles. The number of hydrogen-bond donors (Lipinski definition) is 2. The van der Waals surface area contributed by atoms with Crippen LogP contribution in [0, 0.1) is 5.92 Å². The fraction of sp³-hybridized carbons (Fsp3) is 0.310. The summed E-state index contributed by atoms with van der Waals surface area (Å²) < 4.78 is 6.77. The maximum Gasteiger partial charge on any atom is 0.333 e. The van der Waals surface area contributed by atoms with Crippen LogP contribution in [0.15, 0.2) is 84.9 Å². The number of fused-ring (bicyclic) bond motifs is 3. The number of benzene rings is 3. The molecule has 180 valence electrons. The van der Waals surface area contributed by atoms with Gasteiger partial charge in [-0.05, 0) is 29.8 Å². The van der Waals surface area contributed by atoms with Crippen LogP contribution in [0.3, 0.4) is 0 Å². The maximum absolute atomic E-state index is 13.5. The third kappa shape index (κ3) is 5.08.